The van der Waals surface area contributed by atoms with Crippen LogP contribution >= 0.6 is 0 Å². The SMILES string of the molecule is CC(=O)Nc1cccc(-c2ccc(F)cc2C(=O)O)c1. The van der Waals surface area contributed by atoms with Crippen LogP contribution in [0, 0.1) is 5.82 Å². The quantitative estimate of drug-likeness (QED) is 0.902. The molecule has 0 fully saturated rings. The standard InChI is InChI=1S/C15H12FNO3/c1-9(18)17-12-4-2-3-10(7-12)13-6-5-11(16)8-14(13)15(19)20/h2-8H,1H3,(H,17,18)(H,19,20). The van der Waals surface area contributed by atoms with Crippen molar-refractivity contribution in [1.82, 2.24) is 0 Å². The average molecular weight is 273 g/mol. The molecule has 2 aromatic rings. The molecule has 0 aliphatic heterocycles. The van der Waals surface area contributed by atoms with Gasteiger partial charge in [0.05, 0.1) is 5.56 Å². The lowest BCUT2D eigenvalue weighted by atomic mass is 9.99. The molecule has 0 aromatic heterocycles. The molecule has 0 radical (unpaired) electrons. The molecule has 5 heteroatoms. The summed E-state index contributed by atoms with van der Waals surface area (Å²) in [6, 6.07) is 10.3. The van der Waals surface area contributed by atoms with Crippen LogP contribution in [0.2, 0.25) is 0 Å². The highest BCUT2D eigenvalue weighted by molar-refractivity contribution is 5.97. The highest BCUT2D eigenvalue weighted by Crippen LogP contribution is 2.27. The Hall–Kier alpha value is -2.69. The molecule has 1 amide bonds. The summed E-state index contributed by atoms with van der Waals surface area (Å²) in [5.74, 6) is -2.03. The van der Waals surface area contributed by atoms with Crippen LogP contribution in [0.25, 0.3) is 11.1 Å². The van der Waals surface area contributed by atoms with E-state index in [1.807, 2.05) is 0 Å². The van der Waals surface area contributed by atoms with Crippen molar-refractivity contribution in [2.45, 2.75) is 6.92 Å². The van der Waals surface area contributed by atoms with E-state index in [0.717, 1.165) is 6.07 Å². The van der Waals surface area contributed by atoms with Crippen LogP contribution < -0.4 is 5.32 Å². The maximum atomic E-state index is 13.2. The fraction of sp³-hybridized carbons (Fsp3) is 0.0667. The number of anilines is 1. The Balaban J connectivity index is 2.51. The summed E-state index contributed by atoms with van der Waals surface area (Å²) in [6.07, 6.45) is 0. The van der Waals surface area contributed by atoms with Gasteiger partial charge in [-0.1, -0.05) is 18.2 Å². The van der Waals surface area contributed by atoms with Gasteiger partial charge in [-0.3, -0.25) is 4.79 Å². The van der Waals surface area contributed by atoms with Crippen LogP contribution in [-0.4, -0.2) is 17.0 Å². The number of aromatic carboxylic acids is 1. The van der Waals surface area contributed by atoms with E-state index in [4.69, 9.17) is 5.11 Å². The van der Waals surface area contributed by atoms with Crippen LogP contribution in [0.3, 0.4) is 0 Å². The Labute approximate surface area is 114 Å². The molecule has 2 rings (SSSR count). The molecule has 0 bridgehead atoms. The van der Waals surface area contributed by atoms with Crippen molar-refractivity contribution >= 4 is 17.6 Å². The second-order valence-corrected chi connectivity index (χ2v) is 4.26. The third-order valence-electron chi connectivity index (χ3n) is 2.71. The number of benzene rings is 2. The van der Waals surface area contributed by atoms with Crippen LogP contribution in [0.15, 0.2) is 42.5 Å². The van der Waals surface area contributed by atoms with Crippen molar-refractivity contribution in [3.63, 3.8) is 0 Å². The van der Waals surface area contributed by atoms with Crippen molar-refractivity contribution in [2.24, 2.45) is 0 Å². The number of carboxylic acid groups (broad SMARTS) is 1. The van der Waals surface area contributed by atoms with Crippen LogP contribution in [0.5, 0.6) is 0 Å². The van der Waals surface area contributed by atoms with E-state index in [-0.39, 0.29) is 11.5 Å². The van der Waals surface area contributed by atoms with Gasteiger partial charge in [0.2, 0.25) is 5.91 Å². The van der Waals surface area contributed by atoms with Gasteiger partial charge in [0.25, 0.3) is 0 Å². The Bertz CT molecular complexity index is 683. The van der Waals surface area contributed by atoms with Crippen molar-refractivity contribution in [1.29, 1.82) is 0 Å². The first kappa shape index (κ1) is 13.7. The van der Waals surface area contributed by atoms with Gasteiger partial charge in [0.1, 0.15) is 5.82 Å². The summed E-state index contributed by atoms with van der Waals surface area (Å²) in [5, 5.41) is 11.7. The van der Waals surface area contributed by atoms with Gasteiger partial charge in [-0.15, -0.1) is 0 Å². The Morgan fingerprint density at radius 1 is 1.15 bits per heavy atom. The lowest BCUT2D eigenvalue weighted by molar-refractivity contribution is -0.114. The van der Waals surface area contributed by atoms with Crippen LogP contribution in [0.4, 0.5) is 10.1 Å². The maximum absolute atomic E-state index is 13.2. The van der Waals surface area contributed by atoms with E-state index in [0.29, 0.717) is 16.8 Å². The topological polar surface area (TPSA) is 66.4 Å². The molecule has 2 aromatic carbocycles. The number of amides is 1. The first-order chi connectivity index (χ1) is 9.47. The minimum Gasteiger partial charge on any atom is -0.478 e. The highest BCUT2D eigenvalue weighted by Gasteiger charge is 2.13. The van der Waals surface area contributed by atoms with E-state index < -0.39 is 11.8 Å². The Morgan fingerprint density at radius 2 is 1.90 bits per heavy atom. The summed E-state index contributed by atoms with van der Waals surface area (Å²) < 4.78 is 13.2. The van der Waals surface area contributed by atoms with Crippen molar-refractivity contribution in [2.75, 3.05) is 5.32 Å². The fourth-order valence-electron chi connectivity index (χ4n) is 1.91. The van der Waals surface area contributed by atoms with Crippen molar-refractivity contribution in [3.05, 3.63) is 53.8 Å². The molecule has 102 valence electrons. The van der Waals surface area contributed by atoms with E-state index in [1.165, 1.54) is 19.1 Å². The molecule has 0 aliphatic carbocycles. The van der Waals surface area contributed by atoms with E-state index in [2.05, 4.69) is 5.32 Å². The molecular formula is C15H12FNO3. The summed E-state index contributed by atoms with van der Waals surface area (Å²) in [7, 11) is 0. The van der Waals surface area contributed by atoms with Crippen LogP contribution in [-0.2, 0) is 4.79 Å². The highest BCUT2D eigenvalue weighted by atomic mass is 19.1. The third kappa shape index (κ3) is 3.00. The van der Waals surface area contributed by atoms with E-state index >= 15 is 0 Å². The molecule has 2 N–H and O–H groups in total. The number of carbonyl (C=O) groups excluding carboxylic acids is 1. The second kappa shape index (κ2) is 5.52. The molecular weight excluding hydrogens is 261 g/mol. The van der Waals surface area contributed by atoms with Gasteiger partial charge in [-0.05, 0) is 35.4 Å². The third-order valence-corrected chi connectivity index (χ3v) is 2.71. The predicted molar refractivity (Wildman–Crippen MR) is 73.1 cm³/mol. The van der Waals surface area contributed by atoms with E-state index in [9.17, 15) is 14.0 Å². The van der Waals surface area contributed by atoms with Gasteiger partial charge in [0.15, 0.2) is 0 Å². The van der Waals surface area contributed by atoms with Gasteiger partial charge in [-0.25, -0.2) is 9.18 Å². The number of hydrogen-bond acceptors (Lipinski definition) is 2. The molecule has 0 aliphatic rings. The zero-order valence-electron chi connectivity index (χ0n) is 10.7. The first-order valence-electron chi connectivity index (χ1n) is 5.88. The van der Waals surface area contributed by atoms with Gasteiger partial charge < -0.3 is 10.4 Å². The van der Waals surface area contributed by atoms with E-state index in [1.54, 1.807) is 24.3 Å². The zero-order chi connectivity index (χ0) is 14.7. The molecule has 0 saturated heterocycles. The largest absolute Gasteiger partial charge is 0.478 e. The van der Waals surface area contributed by atoms with Crippen LogP contribution in [0.1, 0.15) is 17.3 Å². The number of halogens is 1. The number of rotatable bonds is 3. The molecule has 0 atom stereocenters. The Kier molecular flexibility index (Phi) is 3.79. The van der Waals surface area contributed by atoms with Gasteiger partial charge in [-0.2, -0.15) is 0 Å². The average Bonchev–Trinajstić information content (AvgIpc) is 2.38. The minimum atomic E-state index is -1.20. The number of carbonyl (C=O) groups is 2. The molecule has 0 unspecified atom stereocenters. The normalized spacial score (nSPS) is 10.1. The molecule has 0 spiro atoms. The van der Waals surface area contributed by atoms with Gasteiger partial charge in [0, 0.05) is 12.6 Å². The lowest BCUT2D eigenvalue weighted by Crippen LogP contribution is -2.06. The zero-order valence-corrected chi connectivity index (χ0v) is 10.7. The fourth-order valence-corrected chi connectivity index (χ4v) is 1.91. The predicted octanol–water partition coefficient (Wildman–Crippen LogP) is 3.15. The lowest BCUT2D eigenvalue weighted by Gasteiger charge is -2.09. The number of nitrogens with one attached hydrogen (secondary N) is 1. The Morgan fingerprint density at radius 3 is 2.55 bits per heavy atom. The smallest absolute Gasteiger partial charge is 0.336 e. The summed E-state index contributed by atoms with van der Waals surface area (Å²) in [6.45, 7) is 1.38. The monoisotopic (exact) mass is 273 g/mol. The molecule has 0 heterocycles. The number of carboxylic acids is 1. The summed E-state index contributed by atoms with van der Waals surface area (Å²) in [5.41, 5.74) is 1.42. The second-order valence-electron chi connectivity index (χ2n) is 4.26. The minimum absolute atomic E-state index is 0.120. The molecule has 0 saturated carbocycles. The van der Waals surface area contributed by atoms with Crippen molar-refractivity contribution < 1.29 is 19.1 Å². The van der Waals surface area contributed by atoms with Crippen molar-refractivity contribution in [3.8, 4) is 11.1 Å². The molecule has 20 heavy (non-hydrogen) atoms. The molecule has 4 nitrogen and oxygen atoms in total. The van der Waals surface area contributed by atoms with Gasteiger partial charge >= 0.3 is 5.97 Å². The number of hydrogen-bond donors (Lipinski definition) is 2. The summed E-state index contributed by atoms with van der Waals surface area (Å²) in [4.78, 5) is 22.2. The maximum Gasteiger partial charge on any atom is 0.336 e. The summed E-state index contributed by atoms with van der Waals surface area (Å²) >= 11 is 0. The first-order valence-corrected chi connectivity index (χ1v) is 5.88.